The van der Waals surface area contributed by atoms with Gasteiger partial charge >= 0.3 is 0 Å². The van der Waals surface area contributed by atoms with Crippen molar-refractivity contribution in [3.63, 3.8) is 0 Å². The van der Waals surface area contributed by atoms with E-state index in [1.54, 1.807) is 14.1 Å². The molecule has 1 fully saturated rings. The number of H-pyrrole nitrogens is 1. The van der Waals surface area contributed by atoms with Crippen LogP contribution < -0.4 is 0 Å². The molecule has 0 bridgehead atoms. The standard InChI is InChI=1S/C18H25N5O/c1-13(23-11-5-4-6-12-23)14-7-9-15(10-8-14)16-19-17(21-20-16)18(24)22(2)3/h7-10,13H,4-6,11-12H2,1-3H3,(H,19,20,21)/t13-/m0/s1. The van der Waals surface area contributed by atoms with E-state index in [-0.39, 0.29) is 11.7 Å². The number of nitrogens with one attached hydrogen (secondary N) is 1. The smallest absolute Gasteiger partial charge is 0.290 e. The molecule has 1 saturated heterocycles. The van der Waals surface area contributed by atoms with E-state index in [1.807, 2.05) is 12.1 Å². The van der Waals surface area contributed by atoms with Crippen LogP contribution in [0.3, 0.4) is 0 Å². The average molecular weight is 327 g/mol. The van der Waals surface area contributed by atoms with Crippen molar-refractivity contribution >= 4 is 5.91 Å². The van der Waals surface area contributed by atoms with Gasteiger partial charge in [-0.15, -0.1) is 0 Å². The van der Waals surface area contributed by atoms with Gasteiger partial charge in [-0.3, -0.25) is 14.8 Å². The molecule has 0 unspecified atom stereocenters. The van der Waals surface area contributed by atoms with Gasteiger partial charge < -0.3 is 4.90 Å². The molecule has 128 valence electrons. The Morgan fingerprint density at radius 2 is 1.83 bits per heavy atom. The number of benzene rings is 1. The molecule has 0 aliphatic carbocycles. The lowest BCUT2D eigenvalue weighted by molar-refractivity contribution is 0.0816. The number of aromatic amines is 1. The molecular formula is C18H25N5O. The molecule has 1 atom stereocenters. The molecule has 1 amide bonds. The summed E-state index contributed by atoms with van der Waals surface area (Å²) in [6, 6.07) is 8.76. The second-order valence-corrected chi connectivity index (χ2v) is 6.60. The summed E-state index contributed by atoms with van der Waals surface area (Å²) in [5.74, 6) is 0.641. The number of rotatable bonds is 4. The number of hydrogen-bond donors (Lipinski definition) is 1. The Balaban J connectivity index is 1.73. The largest absolute Gasteiger partial charge is 0.342 e. The van der Waals surface area contributed by atoms with Crippen LogP contribution in [-0.2, 0) is 0 Å². The lowest BCUT2D eigenvalue weighted by Crippen LogP contribution is -2.32. The van der Waals surface area contributed by atoms with E-state index in [9.17, 15) is 4.79 Å². The molecule has 2 heterocycles. The summed E-state index contributed by atoms with van der Waals surface area (Å²) < 4.78 is 0. The van der Waals surface area contributed by atoms with E-state index in [0.717, 1.165) is 5.56 Å². The van der Waals surface area contributed by atoms with Crippen LogP contribution in [-0.4, -0.2) is 58.1 Å². The second-order valence-electron chi connectivity index (χ2n) is 6.60. The first-order valence-electron chi connectivity index (χ1n) is 8.54. The first-order valence-corrected chi connectivity index (χ1v) is 8.54. The number of carbonyl (C=O) groups is 1. The summed E-state index contributed by atoms with van der Waals surface area (Å²) in [6.45, 7) is 4.63. The zero-order valence-corrected chi connectivity index (χ0v) is 14.6. The van der Waals surface area contributed by atoms with E-state index >= 15 is 0 Å². The van der Waals surface area contributed by atoms with Crippen molar-refractivity contribution in [1.29, 1.82) is 0 Å². The highest BCUT2D eigenvalue weighted by Crippen LogP contribution is 2.25. The lowest BCUT2D eigenvalue weighted by atomic mass is 10.0. The van der Waals surface area contributed by atoms with Gasteiger partial charge in [0.25, 0.3) is 5.91 Å². The van der Waals surface area contributed by atoms with Crippen LogP contribution in [0.1, 0.15) is 48.4 Å². The molecule has 6 nitrogen and oxygen atoms in total. The van der Waals surface area contributed by atoms with Crippen LogP contribution >= 0.6 is 0 Å². The number of likely N-dealkylation sites (tertiary alicyclic amines) is 1. The fraction of sp³-hybridized carbons (Fsp3) is 0.500. The van der Waals surface area contributed by atoms with E-state index in [2.05, 4.69) is 39.1 Å². The van der Waals surface area contributed by atoms with Crippen LogP contribution in [0, 0.1) is 0 Å². The maximum atomic E-state index is 11.9. The Kier molecular flexibility index (Phi) is 4.94. The molecular weight excluding hydrogens is 302 g/mol. The zero-order valence-electron chi connectivity index (χ0n) is 14.6. The molecule has 6 heteroatoms. The Hall–Kier alpha value is -2.21. The number of nitrogens with zero attached hydrogens (tertiary/aromatic N) is 4. The van der Waals surface area contributed by atoms with Crippen LogP contribution in [0.5, 0.6) is 0 Å². The van der Waals surface area contributed by atoms with E-state index in [4.69, 9.17) is 0 Å². The predicted octanol–water partition coefficient (Wildman–Crippen LogP) is 2.72. The fourth-order valence-electron chi connectivity index (χ4n) is 3.13. The van der Waals surface area contributed by atoms with E-state index < -0.39 is 0 Å². The average Bonchev–Trinajstić information content (AvgIpc) is 3.11. The highest BCUT2D eigenvalue weighted by molar-refractivity contribution is 5.90. The van der Waals surface area contributed by atoms with Crippen LogP contribution in [0.15, 0.2) is 24.3 Å². The lowest BCUT2D eigenvalue weighted by Gasteiger charge is -2.32. The molecule has 1 aliphatic heterocycles. The maximum absolute atomic E-state index is 11.9. The van der Waals surface area contributed by atoms with Crippen molar-refractivity contribution < 1.29 is 4.79 Å². The van der Waals surface area contributed by atoms with Crippen molar-refractivity contribution in [1.82, 2.24) is 25.0 Å². The van der Waals surface area contributed by atoms with Gasteiger partial charge in [-0.25, -0.2) is 4.98 Å². The van der Waals surface area contributed by atoms with E-state index in [0.29, 0.717) is 11.9 Å². The Bertz CT molecular complexity index is 686. The molecule has 0 spiro atoms. The number of aromatic nitrogens is 3. The summed E-state index contributed by atoms with van der Waals surface area (Å²) >= 11 is 0. The minimum absolute atomic E-state index is 0.177. The third kappa shape index (κ3) is 3.48. The minimum atomic E-state index is -0.177. The third-order valence-corrected chi connectivity index (χ3v) is 4.68. The second kappa shape index (κ2) is 7.13. The number of hydrogen-bond acceptors (Lipinski definition) is 4. The van der Waals surface area contributed by atoms with Gasteiger partial charge in [-0.1, -0.05) is 30.7 Å². The fourth-order valence-corrected chi connectivity index (χ4v) is 3.13. The Labute approximate surface area is 142 Å². The van der Waals surface area contributed by atoms with Crippen molar-refractivity contribution in [3.05, 3.63) is 35.7 Å². The summed E-state index contributed by atoms with van der Waals surface area (Å²) in [5, 5.41) is 6.87. The van der Waals surface area contributed by atoms with Gasteiger partial charge in [-0.05, 0) is 38.4 Å². The molecule has 1 aliphatic rings. The zero-order chi connectivity index (χ0) is 17.1. The molecule has 1 aromatic heterocycles. The Morgan fingerprint density at radius 3 is 2.46 bits per heavy atom. The van der Waals surface area contributed by atoms with Crippen LogP contribution in [0.25, 0.3) is 11.4 Å². The van der Waals surface area contributed by atoms with Gasteiger partial charge in [0, 0.05) is 25.7 Å². The molecule has 1 aromatic carbocycles. The monoisotopic (exact) mass is 327 g/mol. The summed E-state index contributed by atoms with van der Waals surface area (Å²) in [7, 11) is 3.39. The van der Waals surface area contributed by atoms with Gasteiger partial charge in [0.15, 0.2) is 5.82 Å². The molecule has 24 heavy (non-hydrogen) atoms. The van der Waals surface area contributed by atoms with Crippen molar-refractivity contribution in [2.45, 2.75) is 32.2 Å². The predicted molar refractivity (Wildman–Crippen MR) is 93.7 cm³/mol. The Morgan fingerprint density at radius 1 is 1.17 bits per heavy atom. The number of piperidine rings is 1. The molecule has 0 radical (unpaired) electrons. The maximum Gasteiger partial charge on any atom is 0.290 e. The molecule has 0 saturated carbocycles. The molecule has 2 aromatic rings. The highest BCUT2D eigenvalue weighted by Gasteiger charge is 2.19. The number of carbonyl (C=O) groups excluding carboxylic acids is 1. The quantitative estimate of drug-likeness (QED) is 0.938. The van der Waals surface area contributed by atoms with Crippen molar-refractivity contribution in [2.75, 3.05) is 27.2 Å². The molecule has 3 rings (SSSR count). The normalized spacial score (nSPS) is 16.8. The highest BCUT2D eigenvalue weighted by atomic mass is 16.2. The van der Waals surface area contributed by atoms with Crippen LogP contribution in [0.2, 0.25) is 0 Å². The van der Waals surface area contributed by atoms with Gasteiger partial charge in [0.1, 0.15) is 0 Å². The van der Waals surface area contributed by atoms with Gasteiger partial charge in [0.2, 0.25) is 5.82 Å². The van der Waals surface area contributed by atoms with E-state index in [1.165, 1.54) is 42.8 Å². The van der Waals surface area contributed by atoms with Crippen molar-refractivity contribution in [2.24, 2.45) is 0 Å². The number of amides is 1. The summed E-state index contributed by atoms with van der Waals surface area (Å²) in [4.78, 5) is 20.2. The minimum Gasteiger partial charge on any atom is -0.342 e. The summed E-state index contributed by atoms with van der Waals surface area (Å²) in [6.07, 6.45) is 3.94. The topological polar surface area (TPSA) is 65.1 Å². The first kappa shape index (κ1) is 16.6. The van der Waals surface area contributed by atoms with Crippen molar-refractivity contribution in [3.8, 4) is 11.4 Å². The SMILES string of the molecule is C[C@@H](c1ccc(-c2n[nH]c(C(=O)N(C)C)n2)cc1)N1CCCCC1. The van der Waals surface area contributed by atoms with Crippen LogP contribution in [0.4, 0.5) is 0 Å². The van der Waals surface area contributed by atoms with Gasteiger partial charge in [-0.2, -0.15) is 5.10 Å². The third-order valence-electron chi connectivity index (χ3n) is 4.68. The van der Waals surface area contributed by atoms with Gasteiger partial charge in [0.05, 0.1) is 0 Å². The first-order chi connectivity index (χ1) is 11.6. The molecule has 1 N–H and O–H groups in total. The summed E-state index contributed by atoms with van der Waals surface area (Å²) in [5.41, 5.74) is 2.22.